The third-order valence-corrected chi connectivity index (χ3v) is 4.18. The highest BCUT2D eigenvalue weighted by atomic mass is 16.6. The maximum Gasteiger partial charge on any atom is 0.303 e. The zero-order valence-corrected chi connectivity index (χ0v) is 13.3. The van der Waals surface area contributed by atoms with Gasteiger partial charge in [0.05, 0.1) is 11.7 Å². The molecule has 0 amide bonds. The van der Waals surface area contributed by atoms with Crippen LogP contribution >= 0.6 is 0 Å². The highest BCUT2D eigenvalue weighted by Gasteiger charge is 2.48. The second-order valence-corrected chi connectivity index (χ2v) is 6.42. The lowest BCUT2D eigenvalue weighted by molar-refractivity contribution is -0.150. The summed E-state index contributed by atoms with van der Waals surface area (Å²) in [6.45, 7) is 11.7. The van der Waals surface area contributed by atoms with Gasteiger partial charge in [0.25, 0.3) is 0 Å². The van der Waals surface area contributed by atoms with Crippen LogP contribution in [0.2, 0.25) is 0 Å². The van der Waals surface area contributed by atoms with Crippen LogP contribution in [0.5, 0.6) is 0 Å². The molecule has 3 nitrogen and oxygen atoms in total. The van der Waals surface area contributed by atoms with E-state index in [0.29, 0.717) is 6.42 Å². The first-order valence-corrected chi connectivity index (χ1v) is 7.37. The van der Waals surface area contributed by atoms with E-state index in [1.54, 1.807) is 0 Å². The number of rotatable bonds is 6. The van der Waals surface area contributed by atoms with Gasteiger partial charge in [0.15, 0.2) is 0 Å². The van der Waals surface area contributed by atoms with Gasteiger partial charge in [0, 0.05) is 6.92 Å². The van der Waals surface area contributed by atoms with E-state index in [9.17, 15) is 4.79 Å². The lowest BCUT2D eigenvalue weighted by Crippen LogP contribution is -2.33. The van der Waals surface area contributed by atoms with Crippen molar-refractivity contribution in [2.45, 2.75) is 57.8 Å². The van der Waals surface area contributed by atoms with Crippen molar-refractivity contribution in [2.24, 2.45) is 0 Å². The Labute approximate surface area is 127 Å². The topological polar surface area (TPSA) is 38.8 Å². The Morgan fingerprint density at radius 3 is 2.43 bits per heavy atom. The molecule has 0 aliphatic carbocycles. The fourth-order valence-electron chi connectivity index (χ4n) is 2.67. The molecule has 1 aliphatic rings. The van der Waals surface area contributed by atoms with E-state index in [0.717, 1.165) is 17.6 Å². The van der Waals surface area contributed by atoms with Gasteiger partial charge in [-0.2, -0.15) is 0 Å². The molecular formula is C18H24O3. The van der Waals surface area contributed by atoms with Crippen LogP contribution in [0, 0.1) is 0 Å². The average Bonchev–Trinajstić information content (AvgIpc) is 3.03. The van der Waals surface area contributed by atoms with E-state index in [1.807, 2.05) is 37.3 Å². The van der Waals surface area contributed by atoms with Crippen molar-refractivity contribution in [2.75, 3.05) is 0 Å². The van der Waals surface area contributed by atoms with Gasteiger partial charge in [-0.15, -0.1) is 0 Å². The summed E-state index contributed by atoms with van der Waals surface area (Å²) in [5.41, 5.74) is 1.08. The highest BCUT2D eigenvalue weighted by molar-refractivity contribution is 5.74. The molecule has 1 saturated heterocycles. The van der Waals surface area contributed by atoms with Crippen LogP contribution in [0.4, 0.5) is 0 Å². The summed E-state index contributed by atoms with van der Waals surface area (Å²) in [6, 6.07) is 9.85. The Balaban J connectivity index is 2.12. The van der Waals surface area contributed by atoms with Crippen LogP contribution in [0.25, 0.3) is 5.57 Å². The Morgan fingerprint density at radius 1 is 1.38 bits per heavy atom. The SMILES string of the molecule is C=C(c1ccccc1)C(C)(CCC1OC1(C)C)OC(C)=O. The summed E-state index contributed by atoms with van der Waals surface area (Å²) < 4.78 is 11.2. The van der Waals surface area contributed by atoms with Gasteiger partial charge in [0.1, 0.15) is 5.60 Å². The van der Waals surface area contributed by atoms with Crippen LogP contribution < -0.4 is 0 Å². The van der Waals surface area contributed by atoms with Gasteiger partial charge in [-0.25, -0.2) is 0 Å². The maximum atomic E-state index is 11.5. The molecule has 2 unspecified atom stereocenters. The predicted octanol–water partition coefficient (Wildman–Crippen LogP) is 3.98. The number of hydrogen-bond acceptors (Lipinski definition) is 3. The molecule has 3 heteroatoms. The van der Waals surface area contributed by atoms with Crippen molar-refractivity contribution in [1.82, 2.24) is 0 Å². The van der Waals surface area contributed by atoms with Crippen molar-refractivity contribution in [3.8, 4) is 0 Å². The average molecular weight is 288 g/mol. The third-order valence-electron chi connectivity index (χ3n) is 4.18. The summed E-state index contributed by atoms with van der Waals surface area (Å²) in [6.07, 6.45) is 1.78. The fraction of sp³-hybridized carbons (Fsp3) is 0.500. The second kappa shape index (κ2) is 5.64. The van der Waals surface area contributed by atoms with Crippen molar-refractivity contribution in [3.63, 3.8) is 0 Å². The molecule has 1 aromatic rings. The smallest absolute Gasteiger partial charge is 0.303 e. The monoisotopic (exact) mass is 288 g/mol. The zero-order valence-electron chi connectivity index (χ0n) is 13.3. The molecule has 0 saturated carbocycles. The predicted molar refractivity (Wildman–Crippen MR) is 83.8 cm³/mol. The van der Waals surface area contributed by atoms with Gasteiger partial charge in [-0.1, -0.05) is 36.9 Å². The van der Waals surface area contributed by atoms with Crippen molar-refractivity contribution >= 4 is 11.5 Å². The maximum absolute atomic E-state index is 11.5. The van der Waals surface area contributed by atoms with Crippen LogP contribution in [-0.4, -0.2) is 23.3 Å². The van der Waals surface area contributed by atoms with E-state index in [1.165, 1.54) is 6.92 Å². The molecule has 2 rings (SSSR count). The van der Waals surface area contributed by atoms with Crippen molar-refractivity contribution in [1.29, 1.82) is 0 Å². The number of epoxide rings is 1. The summed E-state index contributed by atoms with van der Waals surface area (Å²) in [7, 11) is 0. The van der Waals surface area contributed by atoms with Crippen LogP contribution in [0.15, 0.2) is 36.9 Å². The molecule has 1 fully saturated rings. The quantitative estimate of drug-likeness (QED) is 0.587. The van der Waals surface area contributed by atoms with Gasteiger partial charge in [-0.05, 0) is 44.7 Å². The van der Waals surface area contributed by atoms with Gasteiger partial charge in [-0.3, -0.25) is 4.79 Å². The first-order valence-electron chi connectivity index (χ1n) is 7.37. The lowest BCUT2D eigenvalue weighted by Gasteiger charge is -2.31. The first kappa shape index (κ1) is 15.8. The van der Waals surface area contributed by atoms with Crippen LogP contribution in [-0.2, 0) is 14.3 Å². The minimum Gasteiger partial charge on any atom is -0.455 e. The minimum absolute atomic E-state index is 0.0504. The molecular weight excluding hydrogens is 264 g/mol. The number of carbonyl (C=O) groups is 1. The van der Waals surface area contributed by atoms with E-state index in [-0.39, 0.29) is 17.7 Å². The van der Waals surface area contributed by atoms with Crippen LogP contribution in [0.1, 0.15) is 46.1 Å². The largest absolute Gasteiger partial charge is 0.455 e. The number of esters is 1. The standard InChI is InChI=1S/C18H24O3/c1-13(15-9-7-6-8-10-15)18(5,20-14(2)19)12-11-16-17(3,4)21-16/h6-10,16H,1,11-12H2,2-5H3. The number of carbonyl (C=O) groups excluding carboxylic acids is 1. The number of hydrogen-bond donors (Lipinski definition) is 0. The van der Waals surface area contributed by atoms with Gasteiger partial charge >= 0.3 is 5.97 Å². The molecule has 1 heterocycles. The normalized spacial score (nSPS) is 22.2. The van der Waals surface area contributed by atoms with Crippen molar-refractivity contribution in [3.05, 3.63) is 42.5 Å². The Bertz CT molecular complexity index is 533. The highest BCUT2D eigenvalue weighted by Crippen LogP contribution is 2.42. The molecule has 1 aromatic carbocycles. The number of ether oxygens (including phenoxy) is 2. The number of benzene rings is 1. The molecule has 2 atom stereocenters. The molecule has 0 spiro atoms. The van der Waals surface area contributed by atoms with Crippen molar-refractivity contribution < 1.29 is 14.3 Å². The van der Waals surface area contributed by atoms with E-state index in [4.69, 9.17) is 9.47 Å². The molecule has 114 valence electrons. The zero-order chi connectivity index (χ0) is 15.7. The summed E-state index contributed by atoms with van der Waals surface area (Å²) in [4.78, 5) is 11.5. The van der Waals surface area contributed by atoms with E-state index >= 15 is 0 Å². The second-order valence-electron chi connectivity index (χ2n) is 6.42. The minimum atomic E-state index is -0.699. The molecule has 0 aromatic heterocycles. The third kappa shape index (κ3) is 3.73. The lowest BCUT2D eigenvalue weighted by atomic mass is 9.85. The molecule has 21 heavy (non-hydrogen) atoms. The Kier molecular flexibility index (Phi) is 4.24. The Hall–Kier alpha value is -1.61. The molecule has 0 radical (unpaired) electrons. The summed E-state index contributed by atoms with van der Waals surface area (Å²) in [5, 5.41) is 0. The van der Waals surface area contributed by atoms with Gasteiger partial charge in [0.2, 0.25) is 0 Å². The molecule has 0 N–H and O–H groups in total. The van der Waals surface area contributed by atoms with Crippen LogP contribution in [0.3, 0.4) is 0 Å². The molecule has 1 aliphatic heterocycles. The molecule has 0 bridgehead atoms. The van der Waals surface area contributed by atoms with Gasteiger partial charge < -0.3 is 9.47 Å². The fourth-order valence-corrected chi connectivity index (χ4v) is 2.67. The Morgan fingerprint density at radius 2 is 1.95 bits per heavy atom. The summed E-state index contributed by atoms with van der Waals surface area (Å²) >= 11 is 0. The first-order chi connectivity index (χ1) is 9.74. The van der Waals surface area contributed by atoms with E-state index < -0.39 is 5.60 Å². The van der Waals surface area contributed by atoms with E-state index in [2.05, 4.69) is 20.4 Å². The summed E-state index contributed by atoms with van der Waals surface area (Å²) in [5.74, 6) is -0.287.